The van der Waals surface area contributed by atoms with Gasteiger partial charge in [0.1, 0.15) is 0 Å². The van der Waals surface area contributed by atoms with Gasteiger partial charge in [-0.3, -0.25) is 4.57 Å². The maximum atomic E-state index is 16.1. The smallest absolute Gasteiger partial charge is 0.200 e. The second kappa shape index (κ2) is 7.85. The quantitative estimate of drug-likeness (QED) is 0.417. The fourth-order valence-corrected chi connectivity index (χ4v) is 4.96. The Morgan fingerprint density at radius 3 is 2.70 bits per heavy atom. The Hall–Kier alpha value is -3.99. The largest absolute Gasteiger partial charge is 0.397 e. The lowest BCUT2D eigenvalue weighted by atomic mass is 9.94. The molecule has 4 N–H and O–H groups in total. The zero-order valence-corrected chi connectivity index (χ0v) is 18.8. The van der Waals surface area contributed by atoms with Crippen LogP contribution < -0.4 is 11.1 Å². The third-order valence-electron chi connectivity index (χ3n) is 6.46. The van der Waals surface area contributed by atoms with E-state index >= 15 is 4.39 Å². The van der Waals surface area contributed by atoms with E-state index in [4.69, 9.17) is 5.73 Å². The van der Waals surface area contributed by atoms with Crippen LogP contribution in [0.5, 0.6) is 0 Å². The Morgan fingerprint density at radius 1 is 1.24 bits per heavy atom. The number of fused-ring (bicyclic) bond motifs is 2. The molecule has 1 aromatic carbocycles. The molecule has 1 aliphatic heterocycles. The maximum Gasteiger partial charge on any atom is 0.200 e. The molecule has 2 aliphatic rings. The van der Waals surface area contributed by atoms with Gasteiger partial charge in [-0.05, 0) is 61.1 Å². The Labute approximate surface area is 193 Å². The first-order valence-corrected chi connectivity index (χ1v) is 11.1. The summed E-state index contributed by atoms with van der Waals surface area (Å²) in [5.74, 6) is -0.419. The molecule has 0 unspecified atom stereocenters. The Kier molecular flexibility index (Phi) is 4.97. The van der Waals surface area contributed by atoms with E-state index in [1.807, 2.05) is 25.3 Å². The number of anilines is 1. The molecular formula is C28H27FN4. The number of aromatic amines is 1. The molecule has 0 saturated heterocycles. The number of hydrogen-bond donors (Lipinski definition) is 3. The summed E-state index contributed by atoms with van der Waals surface area (Å²) >= 11 is 0. The highest BCUT2D eigenvalue weighted by molar-refractivity contribution is 6.05. The molecule has 0 atom stereocenters. The number of rotatable bonds is 5. The number of nitrogens with one attached hydrogen (secondary N) is 2. The minimum Gasteiger partial charge on any atom is -0.397 e. The van der Waals surface area contributed by atoms with E-state index in [0.717, 1.165) is 58.3 Å². The molecule has 33 heavy (non-hydrogen) atoms. The van der Waals surface area contributed by atoms with Gasteiger partial charge in [0.25, 0.3) is 0 Å². The van der Waals surface area contributed by atoms with E-state index in [1.165, 1.54) is 17.2 Å². The summed E-state index contributed by atoms with van der Waals surface area (Å²) in [6.07, 6.45) is 13.7. The Bertz CT molecular complexity index is 1440. The van der Waals surface area contributed by atoms with Crippen molar-refractivity contribution in [3.05, 3.63) is 95.8 Å². The van der Waals surface area contributed by atoms with Gasteiger partial charge in [-0.2, -0.15) is 4.39 Å². The van der Waals surface area contributed by atoms with Gasteiger partial charge in [-0.15, -0.1) is 0 Å². The summed E-state index contributed by atoms with van der Waals surface area (Å²) in [5, 5.41) is 4.19. The number of halogens is 1. The van der Waals surface area contributed by atoms with Crippen LogP contribution in [0.25, 0.3) is 40.2 Å². The van der Waals surface area contributed by atoms with Crippen molar-refractivity contribution >= 4 is 45.8 Å². The zero-order valence-electron chi connectivity index (χ0n) is 18.8. The topological polar surface area (TPSA) is 58.8 Å². The molecule has 0 amide bonds. The van der Waals surface area contributed by atoms with Gasteiger partial charge in [0, 0.05) is 46.3 Å². The van der Waals surface area contributed by atoms with Crippen molar-refractivity contribution in [2.24, 2.45) is 0 Å². The lowest BCUT2D eigenvalue weighted by Crippen LogP contribution is -2.10. The minimum absolute atomic E-state index is 0.419. The number of benzene rings is 1. The van der Waals surface area contributed by atoms with Gasteiger partial charge in [0.15, 0.2) is 0 Å². The molecule has 3 aromatic rings. The average molecular weight is 439 g/mol. The zero-order chi connectivity index (χ0) is 23.3. The molecule has 3 heterocycles. The molecule has 2 aromatic heterocycles. The lowest BCUT2D eigenvalue weighted by molar-refractivity contribution is 0.699. The van der Waals surface area contributed by atoms with Crippen molar-refractivity contribution in [1.29, 1.82) is 0 Å². The predicted molar refractivity (Wildman–Crippen MR) is 139 cm³/mol. The highest BCUT2D eigenvalue weighted by Crippen LogP contribution is 2.42. The van der Waals surface area contributed by atoms with Gasteiger partial charge in [-0.25, -0.2) is 0 Å². The SMILES string of the molecule is C=Cc1c(N)c[nH]c1/C=C(/F)n1c(C(=C)C)c(C2=CC=CNC2=C)c2cc3c(cc21)CCC3. The molecule has 0 bridgehead atoms. The first-order valence-electron chi connectivity index (χ1n) is 11.1. The molecule has 166 valence electrons. The van der Waals surface area contributed by atoms with Crippen molar-refractivity contribution in [2.45, 2.75) is 26.2 Å². The van der Waals surface area contributed by atoms with E-state index in [2.05, 4.69) is 42.2 Å². The number of nitrogens with zero attached hydrogens (tertiary/aromatic N) is 1. The summed E-state index contributed by atoms with van der Waals surface area (Å²) in [5.41, 5.74) is 15.4. The van der Waals surface area contributed by atoms with Crippen LogP contribution in [-0.2, 0) is 12.8 Å². The summed E-state index contributed by atoms with van der Waals surface area (Å²) < 4.78 is 17.8. The predicted octanol–water partition coefficient (Wildman–Crippen LogP) is 6.66. The number of nitrogen functional groups attached to an aromatic ring is 1. The molecule has 0 saturated carbocycles. The van der Waals surface area contributed by atoms with Crippen molar-refractivity contribution in [2.75, 3.05) is 5.73 Å². The van der Waals surface area contributed by atoms with E-state index in [0.29, 0.717) is 16.9 Å². The minimum atomic E-state index is -0.419. The van der Waals surface area contributed by atoms with Crippen molar-refractivity contribution in [3.8, 4) is 0 Å². The van der Waals surface area contributed by atoms with Crippen molar-refractivity contribution in [3.63, 3.8) is 0 Å². The molecule has 4 nitrogen and oxygen atoms in total. The maximum absolute atomic E-state index is 16.1. The van der Waals surface area contributed by atoms with Crippen LogP contribution in [-0.4, -0.2) is 9.55 Å². The summed E-state index contributed by atoms with van der Waals surface area (Å²) in [7, 11) is 0. The van der Waals surface area contributed by atoms with E-state index < -0.39 is 5.95 Å². The van der Waals surface area contributed by atoms with Crippen LogP contribution in [0.3, 0.4) is 0 Å². The fourth-order valence-electron chi connectivity index (χ4n) is 4.96. The van der Waals surface area contributed by atoms with Crippen molar-refractivity contribution in [1.82, 2.24) is 14.9 Å². The Balaban J connectivity index is 1.86. The molecule has 0 spiro atoms. The van der Waals surface area contributed by atoms with Gasteiger partial charge >= 0.3 is 0 Å². The highest BCUT2D eigenvalue weighted by atomic mass is 19.1. The first kappa shape index (κ1) is 20.9. The average Bonchev–Trinajstić information content (AvgIpc) is 3.47. The second-order valence-corrected chi connectivity index (χ2v) is 8.64. The number of hydrogen-bond acceptors (Lipinski definition) is 2. The molecule has 0 radical (unpaired) electrons. The highest BCUT2D eigenvalue weighted by Gasteiger charge is 2.26. The third-order valence-corrected chi connectivity index (χ3v) is 6.46. The fraction of sp³-hybridized carbons (Fsp3) is 0.143. The summed E-state index contributed by atoms with van der Waals surface area (Å²) in [6, 6.07) is 4.35. The van der Waals surface area contributed by atoms with Crippen LogP contribution in [0.2, 0.25) is 0 Å². The third kappa shape index (κ3) is 3.28. The number of allylic oxidation sites excluding steroid dienone is 4. The monoisotopic (exact) mass is 438 g/mol. The number of nitrogens with two attached hydrogens (primary N) is 1. The van der Waals surface area contributed by atoms with E-state index in [-0.39, 0.29) is 0 Å². The standard InChI is InChI=1S/C28H27FN4/c1-5-20-23(30)15-32-24(20)14-26(29)33-25-13-19-9-6-8-18(19)12-22(25)27(28(33)16(2)3)21-10-7-11-31-17(21)4/h5,7,10-15,31-32H,1-2,4,6,8-9,30H2,3H3/b26-14-. The van der Waals surface area contributed by atoms with Gasteiger partial charge in [0.2, 0.25) is 5.95 Å². The first-order chi connectivity index (χ1) is 15.9. The van der Waals surface area contributed by atoms with Crippen LogP contribution in [0.15, 0.2) is 62.1 Å². The van der Waals surface area contributed by atoms with Crippen LogP contribution >= 0.6 is 0 Å². The van der Waals surface area contributed by atoms with E-state index in [9.17, 15) is 0 Å². The second-order valence-electron chi connectivity index (χ2n) is 8.64. The summed E-state index contributed by atoms with van der Waals surface area (Å²) in [4.78, 5) is 3.05. The van der Waals surface area contributed by atoms with Gasteiger partial charge in [0.05, 0.1) is 22.6 Å². The van der Waals surface area contributed by atoms with Crippen LogP contribution in [0, 0.1) is 0 Å². The van der Waals surface area contributed by atoms with E-state index in [1.54, 1.807) is 16.8 Å². The number of aryl methyl sites for hydroxylation is 2. The van der Waals surface area contributed by atoms with Gasteiger partial charge < -0.3 is 16.0 Å². The number of H-pyrrole nitrogens is 1. The molecule has 5 rings (SSSR count). The Morgan fingerprint density at radius 2 is 2.00 bits per heavy atom. The molecule has 0 fully saturated rings. The molecular weight excluding hydrogens is 411 g/mol. The summed E-state index contributed by atoms with van der Waals surface area (Å²) in [6.45, 7) is 14.1. The van der Waals surface area contributed by atoms with Crippen LogP contribution in [0.1, 0.15) is 47.0 Å². The normalized spacial score (nSPS) is 15.5. The lowest BCUT2D eigenvalue weighted by Gasteiger charge is -2.17. The number of dihydropyridines is 1. The van der Waals surface area contributed by atoms with Gasteiger partial charge in [-0.1, -0.05) is 31.9 Å². The van der Waals surface area contributed by atoms with Crippen LogP contribution in [0.4, 0.5) is 10.1 Å². The molecule has 5 heteroatoms. The molecule has 1 aliphatic carbocycles. The number of aromatic nitrogens is 2. The van der Waals surface area contributed by atoms with Crippen molar-refractivity contribution < 1.29 is 4.39 Å².